The molecule has 1 aromatic rings. The maximum atomic E-state index is 14.1. The van der Waals surface area contributed by atoms with Crippen molar-refractivity contribution in [3.8, 4) is 5.75 Å². The fourth-order valence-corrected chi connectivity index (χ4v) is 2.84. The molecule has 0 bridgehead atoms. The monoisotopic (exact) mass is 251 g/mol. The summed E-state index contributed by atoms with van der Waals surface area (Å²) in [6.07, 6.45) is 4.52. The van der Waals surface area contributed by atoms with E-state index in [-0.39, 0.29) is 5.82 Å². The standard InChI is InChI=1S/C15H22FNO/c1-3-9-17-15-6-4-5-13(15)12-8-7-11(18-2)10-14(12)16/h7-8,10,13,15,17H,3-6,9H2,1-2H3. The zero-order valence-electron chi connectivity index (χ0n) is 11.2. The number of hydrogen-bond acceptors (Lipinski definition) is 2. The fourth-order valence-electron chi connectivity index (χ4n) is 2.84. The highest BCUT2D eigenvalue weighted by Gasteiger charge is 2.29. The predicted octanol–water partition coefficient (Wildman–Crippen LogP) is 3.47. The molecule has 0 aliphatic heterocycles. The molecule has 0 saturated heterocycles. The molecule has 1 aliphatic carbocycles. The minimum atomic E-state index is -0.135. The van der Waals surface area contributed by atoms with Crippen LogP contribution in [0.3, 0.4) is 0 Å². The molecule has 1 saturated carbocycles. The van der Waals surface area contributed by atoms with Gasteiger partial charge in [0, 0.05) is 18.0 Å². The number of halogens is 1. The van der Waals surface area contributed by atoms with Gasteiger partial charge in [-0.2, -0.15) is 0 Å². The average Bonchev–Trinajstić information content (AvgIpc) is 2.84. The van der Waals surface area contributed by atoms with Crippen molar-refractivity contribution in [1.29, 1.82) is 0 Å². The Kier molecular flexibility index (Phi) is 4.59. The van der Waals surface area contributed by atoms with E-state index in [1.807, 2.05) is 12.1 Å². The molecule has 18 heavy (non-hydrogen) atoms. The molecule has 1 fully saturated rings. The van der Waals surface area contributed by atoms with E-state index >= 15 is 0 Å². The summed E-state index contributed by atoms with van der Waals surface area (Å²) in [5, 5.41) is 3.54. The largest absolute Gasteiger partial charge is 0.497 e. The van der Waals surface area contributed by atoms with Crippen LogP contribution in [0.5, 0.6) is 5.75 Å². The lowest BCUT2D eigenvalue weighted by molar-refractivity contribution is 0.408. The first-order chi connectivity index (χ1) is 8.76. The number of rotatable bonds is 5. The SMILES string of the molecule is CCCNC1CCCC1c1ccc(OC)cc1F. The van der Waals surface area contributed by atoms with E-state index in [4.69, 9.17) is 4.74 Å². The Bertz CT molecular complexity index is 394. The smallest absolute Gasteiger partial charge is 0.130 e. The van der Waals surface area contributed by atoms with Crippen molar-refractivity contribution in [1.82, 2.24) is 5.32 Å². The summed E-state index contributed by atoms with van der Waals surface area (Å²) < 4.78 is 19.1. The van der Waals surface area contributed by atoms with Crippen molar-refractivity contribution in [2.75, 3.05) is 13.7 Å². The van der Waals surface area contributed by atoms with Crippen LogP contribution in [0.4, 0.5) is 4.39 Å². The average molecular weight is 251 g/mol. The highest BCUT2D eigenvalue weighted by Crippen LogP contribution is 2.36. The Hall–Kier alpha value is -1.09. The van der Waals surface area contributed by atoms with Gasteiger partial charge in [0.05, 0.1) is 7.11 Å². The fraction of sp³-hybridized carbons (Fsp3) is 0.600. The van der Waals surface area contributed by atoms with Gasteiger partial charge in [-0.15, -0.1) is 0 Å². The van der Waals surface area contributed by atoms with Gasteiger partial charge in [-0.1, -0.05) is 19.4 Å². The van der Waals surface area contributed by atoms with Crippen molar-refractivity contribution in [3.63, 3.8) is 0 Å². The maximum Gasteiger partial charge on any atom is 0.130 e. The van der Waals surface area contributed by atoms with Gasteiger partial charge >= 0.3 is 0 Å². The molecular formula is C15H22FNO. The molecule has 0 radical (unpaired) electrons. The van der Waals surface area contributed by atoms with Crippen LogP contribution in [-0.2, 0) is 0 Å². The third kappa shape index (κ3) is 2.83. The van der Waals surface area contributed by atoms with E-state index in [0.717, 1.165) is 31.4 Å². The van der Waals surface area contributed by atoms with Crippen LogP contribution in [0.25, 0.3) is 0 Å². The van der Waals surface area contributed by atoms with Crippen LogP contribution in [0.1, 0.15) is 44.1 Å². The molecule has 0 aromatic heterocycles. The Morgan fingerprint density at radius 2 is 2.22 bits per heavy atom. The Morgan fingerprint density at radius 3 is 2.89 bits per heavy atom. The summed E-state index contributed by atoms with van der Waals surface area (Å²) in [6, 6.07) is 5.65. The minimum Gasteiger partial charge on any atom is -0.497 e. The van der Waals surface area contributed by atoms with Crippen LogP contribution in [0.15, 0.2) is 18.2 Å². The van der Waals surface area contributed by atoms with E-state index in [9.17, 15) is 4.39 Å². The molecule has 100 valence electrons. The molecule has 1 N–H and O–H groups in total. The van der Waals surface area contributed by atoms with Gasteiger partial charge in [-0.05, 0) is 37.4 Å². The number of nitrogens with one attached hydrogen (secondary N) is 1. The Balaban J connectivity index is 2.14. The van der Waals surface area contributed by atoms with Gasteiger partial charge in [-0.3, -0.25) is 0 Å². The maximum absolute atomic E-state index is 14.1. The third-order valence-corrected chi connectivity index (χ3v) is 3.78. The third-order valence-electron chi connectivity index (χ3n) is 3.78. The number of methoxy groups -OCH3 is 1. The normalized spacial score (nSPS) is 23.3. The highest BCUT2D eigenvalue weighted by molar-refractivity contribution is 5.32. The van der Waals surface area contributed by atoms with E-state index in [0.29, 0.717) is 17.7 Å². The summed E-state index contributed by atoms with van der Waals surface area (Å²) in [5.41, 5.74) is 0.835. The summed E-state index contributed by atoms with van der Waals surface area (Å²) in [5.74, 6) is 0.763. The quantitative estimate of drug-likeness (QED) is 0.865. The van der Waals surface area contributed by atoms with Crippen LogP contribution >= 0.6 is 0 Å². The van der Waals surface area contributed by atoms with E-state index in [1.54, 1.807) is 7.11 Å². The van der Waals surface area contributed by atoms with Crippen molar-refractivity contribution in [2.24, 2.45) is 0 Å². The van der Waals surface area contributed by atoms with E-state index < -0.39 is 0 Å². The number of hydrogen-bond donors (Lipinski definition) is 1. The van der Waals surface area contributed by atoms with Gasteiger partial charge in [-0.25, -0.2) is 4.39 Å². The van der Waals surface area contributed by atoms with Gasteiger partial charge < -0.3 is 10.1 Å². The van der Waals surface area contributed by atoms with Gasteiger partial charge in [0.15, 0.2) is 0 Å². The summed E-state index contributed by atoms with van der Waals surface area (Å²) >= 11 is 0. The molecular weight excluding hydrogens is 229 g/mol. The van der Waals surface area contributed by atoms with Crippen molar-refractivity contribution >= 4 is 0 Å². The first kappa shape index (κ1) is 13.3. The molecule has 1 aromatic carbocycles. The Morgan fingerprint density at radius 1 is 1.39 bits per heavy atom. The molecule has 1 aliphatic rings. The van der Waals surface area contributed by atoms with Crippen molar-refractivity contribution < 1.29 is 9.13 Å². The van der Waals surface area contributed by atoms with E-state index in [2.05, 4.69) is 12.2 Å². The molecule has 3 heteroatoms. The van der Waals surface area contributed by atoms with Gasteiger partial charge in [0.2, 0.25) is 0 Å². The van der Waals surface area contributed by atoms with Crippen LogP contribution < -0.4 is 10.1 Å². The lowest BCUT2D eigenvalue weighted by Gasteiger charge is -2.22. The lowest BCUT2D eigenvalue weighted by Crippen LogP contribution is -2.32. The first-order valence-electron chi connectivity index (χ1n) is 6.83. The molecule has 2 rings (SSSR count). The molecule has 2 nitrogen and oxygen atoms in total. The highest BCUT2D eigenvalue weighted by atomic mass is 19.1. The van der Waals surface area contributed by atoms with Gasteiger partial charge in [0.25, 0.3) is 0 Å². The van der Waals surface area contributed by atoms with Crippen LogP contribution in [-0.4, -0.2) is 19.7 Å². The molecule has 2 atom stereocenters. The van der Waals surface area contributed by atoms with Crippen molar-refractivity contribution in [2.45, 2.75) is 44.6 Å². The summed E-state index contributed by atoms with van der Waals surface area (Å²) in [7, 11) is 1.57. The molecule has 0 heterocycles. The van der Waals surface area contributed by atoms with Crippen LogP contribution in [0, 0.1) is 5.82 Å². The number of ether oxygens (including phenoxy) is 1. The molecule has 0 amide bonds. The second-order valence-corrected chi connectivity index (χ2v) is 4.99. The predicted molar refractivity (Wildman–Crippen MR) is 71.6 cm³/mol. The van der Waals surface area contributed by atoms with E-state index in [1.165, 1.54) is 12.5 Å². The van der Waals surface area contributed by atoms with Gasteiger partial charge in [0.1, 0.15) is 11.6 Å². The topological polar surface area (TPSA) is 21.3 Å². The molecule has 0 spiro atoms. The van der Waals surface area contributed by atoms with Crippen molar-refractivity contribution in [3.05, 3.63) is 29.6 Å². The minimum absolute atomic E-state index is 0.135. The Labute approximate surface area is 109 Å². The second-order valence-electron chi connectivity index (χ2n) is 4.99. The lowest BCUT2D eigenvalue weighted by atomic mass is 9.93. The zero-order chi connectivity index (χ0) is 13.0. The van der Waals surface area contributed by atoms with Crippen LogP contribution in [0.2, 0.25) is 0 Å². The molecule has 2 unspecified atom stereocenters. The number of benzene rings is 1. The first-order valence-corrected chi connectivity index (χ1v) is 6.83. The summed E-state index contributed by atoms with van der Waals surface area (Å²) in [6.45, 7) is 3.17. The summed E-state index contributed by atoms with van der Waals surface area (Å²) in [4.78, 5) is 0. The zero-order valence-corrected chi connectivity index (χ0v) is 11.2. The second kappa shape index (κ2) is 6.19.